The number of unbranched alkanes of at least 4 members (excludes halogenated alkanes) is 1. The first-order valence-corrected chi connectivity index (χ1v) is 13.7. The van der Waals surface area contributed by atoms with E-state index in [0.717, 1.165) is 34.5 Å². The Bertz CT molecular complexity index is 1130. The summed E-state index contributed by atoms with van der Waals surface area (Å²) < 4.78 is 37.0. The van der Waals surface area contributed by atoms with Crippen molar-refractivity contribution in [2.75, 3.05) is 37.9 Å². The van der Waals surface area contributed by atoms with Gasteiger partial charge in [-0.15, -0.1) is 0 Å². The summed E-state index contributed by atoms with van der Waals surface area (Å²) in [5, 5.41) is 2.86. The van der Waals surface area contributed by atoms with Gasteiger partial charge in [0.2, 0.25) is 21.8 Å². The number of aryl methyl sites for hydroxylation is 1. The summed E-state index contributed by atoms with van der Waals surface area (Å²) in [5.74, 6) is -0.0365. The van der Waals surface area contributed by atoms with Crippen LogP contribution in [0.15, 0.2) is 42.5 Å². The predicted molar refractivity (Wildman–Crippen MR) is 141 cm³/mol. The van der Waals surface area contributed by atoms with Gasteiger partial charge in [-0.05, 0) is 38.0 Å². The van der Waals surface area contributed by atoms with Gasteiger partial charge >= 0.3 is 0 Å². The fraction of sp³-hybridized carbons (Fsp3) is 0.462. The number of nitrogens with one attached hydrogen (secondary N) is 1. The zero-order valence-corrected chi connectivity index (χ0v) is 22.7. The molecule has 0 aliphatic carbocycles. The standard InChI is InChI=1S/C26H37N3O6S/c1-7-8-15-27-26(31)20(3)28(17-21-11-9-19(2)10-12-21)25(30)18-29(36(6,32)33)22-13-14-23(34-4)24(16-22)35-5/h9-14,16,20H,7-8,15,17-18H2,1-6H3,(H,27,31). The molecule has 0 heterocycles. The van der Waals surface area contributed by atoms with Gasteiger partial charge in [0.25, 0.3) is 0 Å². The molecule has 0 saturated heterocycles. The van der Waals surface area contributed by atoms with Gasteiger partial charge in [-0.1, -0.05) is 43.2 Å². The van der Waals surface area contributed by atoms with Crippen LogP contribution in [0.3, 0.4) is 0 Å². The molecule has 2 amide bonds. The van der Waals surface area contributed by atoms with E-state index in [9.17, 15) is 18.0 Å². The number of methoxy groups -OCH3 is 2. The third-order valence-electron chi connectivity index (χ3n) is 5.80. The molecule has 2 aromatic rings. The average Bonchev–Trinajstić information content (AvgIpc) is 2.85. The number of nitrogens with zero attached hydrogens (tertiary/aromatic N) is 2. The van der Waals surface area contributed by atoms with Gasteiger partial charge < -0.3 is 19.7 Å². The van der Waals surface area contributed by atoms with Crippen molar-refractivity contribution < 1.29 is 27.5 Å². The predicted octanol–water partition coefficient (Wildman–Crippen LogP) is 3.11. The highest BCUT2D eigenvalue weighted by Crippen LogP contribution is 2.32. The molecular weight excluding hydrogens is 482 g/mol. The number of carbonyl (C=O) groups is 2. The molecule has 0 bridgehead atoms. The normalized spacial score (nSPS) is 11.9. The first kappa shape index (κ1) is 29.0. The Morgan fingerprint density at radius 2 is 1.67 bits per heavy atom. The van der Waals surface area contributed by atoms with Crippen LogP contribution in [0.4, 0.5) is 5.69 Å². The summed E-state index contributed by atoms with van der Waals surface area (Å²) >= 11 is 0. The average molecular weight is 520 g/mol. The molecule has 1 N–H and O–H groups in total. The fourth-order valence-corrected chi connectivity index (χ4v) is 4.44. The minimum atomic E-state index is -3.84. The topological polar surface area (TPSA) is 105 Å². The monoisotopic (exact) mass is 519 g/mol. The molecule has 0 fully saturated rings. The minimum absolute atomic E-state index is 0.158. The summed E-state index contributed by atoms with van der Waals surface area (Å²) in [7, 11) is -0.923. The summed E-state index contributed by atoms with van der Waals surface area (Å²) in [5.41, 5.74) is 2.15. The summed E-state index contributed by atoms with van der Waals surface area (Å²) in [6, 6.07) is 11.4. The van der Waals surface area contributed by atoms with Crippen molar-refractivity contribution in [2.45, 2.75) is 46.2 Å². The lowest BCUT2D eigenvalue weighted by atomic mass is 10.1. The highest BCUT2D eigenvalue weighted by molar-refractivity contribution is 7.92. The molecule has 0 saturated carbocycles. The van der Waals surface area contributed by atoms with Gasteiger partial charge in [0.05, 0.1) is 26.2 Å². The molecule has 2 aromatic carbocycles. The SMILES string of the molecule is CCCCNC(=O)C(C)N(Cc1ccc(C)cc1)C(=O)CN(c1ccc(OC)c(OC)c1)S(C)(=O)=O. The summed E-state index contributed by atoms with van der Waals surface area (Å²) in [6.45, 7) is 5.82. The van der Waals surface area contributed by atoms with Crippen molar-refractivity contribution in [3.63, 3.8) is 0 Å². The van der Waals surface area contributed by atoms with E-state index in [1.165, 1.54) is 25.2 Å². The Morgan fingerprint density at radius 3 is 2.22 bits per heavy atom. The van der Waals surface area contributed by atoms with E-state index in [1.807, 2.05) is 38.1 Å². The van der Waals surface area contributed by atoms with Crippen LogP contribution in [0.25, 0.3) is 0 Å². The lowest BCUT2D eigenvalue weighted by molar-refractivity contribution is -0.139. The number of hydrogen-bond acceptors (Lipinski definition) is 6. The molecule has 1 unspecified atom stereocenters. The van der Waals surface area contributed by atoms with Gasteiger partial charge in [0, 0.05) is 19.2 Å². The van der Waals surface area contributed by atoms with Gasteiger partial charge in [-0.2, -0.15) is 0 Å². The Labute approximate surface area is 214 Å². The molecular formula is C26H37N3O6S. The number of anilines is 1. The van der Waals surface area contributed by atoms with E-state index in [-0.39, 0.29) is 18.1 Å². The van der Waals surface area contributed by atoms with Crippen LogP contribution in [0, 0.1) is 6.92 Å². The zero-order valence-electron chi connectivity index (χ0n) is 21.9. The lowest BCUT2D eigenvalue weighted by Crippen LogP contribution is -2.51. The highest BCUT2D eigenvalue weighted by atomic mass is 32.2. The zero-order chi connectivity index (χ0) is 26.9. The number of carbonyl (C=O) groups excluding carboxylic acids is 2. The molecule has 0 spiro atoms. The van der Waals surface area contributed by atoms with Crippen molar-refractivity contribution >= 4 is 27.5 Å². The molecule has 0 radical (unpaired) electrons. The Hall–Kier alpha value is -3.27. The number of rotatable bonds is 13. The number of hydrogen-bond donors (Lipinski definition) is 1. The molecule has 2 rings (SSSR count). The van der Waals surface area contributed by atoms with E-state index in [0.29, 0.717) is 18.0 Å². The molecule has 1 atom stereocenters. The molecule has 9 nitrogen and oxygen atoms in total. The maximum atomic E-state index is 13.6. The van der Waals surface area contributed by atoms with Crippen LogP contribution in [-0.2, 0) is 26.2 Å². The van der Waals surface area contributed by atoms with Crippen molar-refractivity contribution in [3.05, 3.63) is 53.6 Å². The van der Waals surface area contributed by atoms with E-state index in [4.69, 9.17) is 9.47 Å². The maximum Gasteiger partial charge on any atom is 0.244 e. The Kier molecular flexibility index (Phi) is 10.6. The number of ether oxygens (including phenoxy) is 2. The van der Waals surface area contributed by atoms with Crippen LogP contribution in [0.2, 0.25) is 0 Å². The van der Waals surface area contributed by atoms with Crippen LogP contribution < -0.4 is 19.1 Å². The smallest absolute Gasteiger partial charge is 0.244 e. The van der Waals surface area contributed by atoms with E-state index in [1.54, 1.807) is 19.1 Å². The van der Waals surface area contributed by atoms with Crippen LogP contribution in [-0.4, -0.2) is 64.7 Å². The lowest BCUT2D eigenvalue weighted by Gasteiger charge is -2.31. The Morgan fingerprint density at radius 1 is 1.03 bits per heavy atom. The molecule has 10 heteroatoms. The third-order valence-corrected chi connectivity index (χ3v) is 6.95. The minimum Gasteiger partial charge on any atom is -0.493 e. The number of amides is 2. The summed E-state index contributed by atoms with van der Waals surface area (Å²) in [6.07, 6.45) is 2.78. The first-order chi connectivity index (χ1) is 17.0. The van der Waals surface area contributed by atoms with Gasteiger partial charge in [-0.25, -0.2) is 8.42 Å². The van der Waals surface area contributed by atoms with Crippen molar-refractivity contribution in [1.82, 2.24) is 10.2 Å². The van der Waals surface area contributed by atoms with Crippen molar-refractivity contribution in [2.24, 2.45) is 0 Å². The molecule has 0 aromatic heterocycles. The van der Waals surface area contributed by atoms with Crippen molar-refractivity contribution in [1.29, 1.82) is 0 Å². The Balaban J connectivity index is 2.39. The first-order valence-electron chi connectivity index (χ1n) is 11.8. The molecule has 198 valence electrons. The molecule has 36 heavy (non-hydrogen) atoms. The van der Waals surface area contributed by atoms with Crippen LogP contribution >= 0.6 is 0 Å². The molecule has 0 aliphatic heterocycles. The third kappa shape index (κ3) is 7.87. The second-order valence-corrected chi connectivity index (χ2v) is 10.5. The van der Waals surface area contributed by atoms with Gasteiger partial charge in [0.1, 0.15) is 12.6 Å². The quantitative estimate of drug-likeness (QED) is 0.408. The number of benzene rings is 2. The van der Waals surface area contributed by atoms with E-state index < -0.39 is 28.5 Å². The molecule has 0 aliphatic rings. The number of sulfonamides is 1. The van der Waals surface area contributed by atoms with Gasteiger partial charge in [0.15, 0.2) is 11.5 Å². The fourth-order valence-electron chi connectivity index (χ4n) is 3.60. The largest absolute Gasteiger partial charge is 0.493 e. The van der Waals surface area contributed by atoms with Gasteiger partial charge in [-0.3, -0.25) is 13.9 Å². The van der Waals surface area contributed by atoms with E-state index >= 15 is 0 Å². The second kappa shape index (κ2) is 13.2. The van der Waals surface area contributed by atoms with Crippen LogP contribution in [0.5, 0.6) is 11.5 Å². The highest BCUT2D eigenvalue weighted by Gasteiger charge is 2.30. The summed E-state index contributed by atoms with van der Waals surface area (Å²) in [4.78, 5) is 27.8. The van der Waals surface area contributed by atoms with E-state index in [2.05, 4.69) is 5.32 Å². The second-order valence-electron chi connectivity index (χ2n) is 8.64. The van der Waals surface area contributed by atoms with Crippen molar-refractivity contribution in [3.8, 4) is 11.5 Å². The van der Waals surface area contributed by atoms with Crippen LogP contribution in [0.1, 0.15) is 37.8 Å². The maximum absolute atomic E-state index is 13.6.